The van der Waals surface area contributed by atoms with Crippen molar-refractivity contribution >= 4 is 0 Å². The molecule has 17 heavy (non-hydrogen) atoms. The summed E-state index contributed by atoms with van der Waals surface area (Å²) in [5.74, 6) is 1.08. The van der Waals surface area contributed by atoms with Crippen LogP contribution in [0.1, 0.15) is 12.0 Å². The van der Waals surface area contributed by atoms with Gasteiger partial charge in [0.25, 0.3) is 0 Å². The van der Waals surface area contributed by atoms with E-state index in [1.54, 1.807) is 19.2 Å². The summed E-state index contributed by atoms with van der Waals surface area (Å²) in [6.07, 6.45) is 1.78. The lowest BCUT2D eigenvalue weighted by molar-refractivity contribution is 0.367. The molecule has 4 heteroatoms. The number of hydrogen-bond donors (Lipinski definition) is 1. The summed E-state index contributed by atoms with van der Waals surface area (Å²) < 4.78 is 24.4. The van der Waals surface area contributed by atoms with Gasteiger partial charge in [-0.15, -0.1) is 0 Å². The van der Waals surface area contributed by atoms with Crippen LogP contribution in [0.2, 0.25) is 0 Å². The molecule has 1 heterocycles. The third kappa shape index (κ3) is 2.52. The van der Waals surface area contributed by atoms with Crippen LogP contribution in [0.15, 0.2) is 12.1 Å². The molecule has 1 saturated heterocycles. The van der Waals surface area contributed by atoms with Gasteiger partial charge in [-0.05, 0) is 44.0 Å². The molecule has 1 atom stereocenters. The number of nitrogens with one attached hydrogen (secondary N) is 1. The summed E-state index contributed by atoms with van der Waals surface area (Å²) in [6.45, 7) is 1.96. The van der Waals surface area contributed by atoms with Gasteiger partial charge in [-0.1, -0.05) is 0 Å². The molecule has 1 N–H and O–H groups in total. The zero-order chi connectivity index (χ0) is 12.3. The molecule has 0 aliphatic carbocycles. The first-order chi connectivity index (χ1) is 8.26. The van der Waals surface area contributed by atoms with Gasteiger partial charge >= 0.3 is 0 Å². The monoisotopic (exact) mass is 239 g/mol. The SMILES string of the molecule is COc1ccc(OC)c(CC2CCNC2)c1F. The summed E-state index contributed by atoms with van der Waals surface area (Å²) >= 11 is 0. The van der Waals surface area contributed by atoms with Crippen LogP contribution < -0.4 is 14.8 Å². The normalized spacial score (nSPS) is 19.4. The first-order valence-corrected chi connectivity index (χ1v) is 5.86. The fourth-order valence-corrected chi connectivity index (χ4v) is 2.30. The van der Waals surface area contributed by atoms with Crippen LogP contribution in [-0.4, -0.2) is 27.3 Å². The molecule has 0 saturated carbocycles. The van der Waals surface area contributed by atoms with Gasteiger partial charge in [0.2, 0.25) is 0 Å². The topological polar surface area (TPSA) is 30.5 Å². The first kappa shape index (κ1) is 12.2. The van der Waals surface area contributed by atoms with Crippen LogP contribution in [0.25, 0.3) is 0 Å². The summed E-state index contributed by atoms with van der Waals surface area (Å²) in [4.78, 5) is 0. The van der Waals surface area contributed by atoms with Crippen molar-refractivity contribution in [3.63, 3.8) is 0 Å². The number of halogens is 1. The highest BCUT2D eigenvalue weighted by Crippen LogP contribution is 2.31. The molecule has 1 aromatic carbocycles. The molecule has 0 spiro atoms. The fourth-order valence-electron chi connectivity index (χ4n) is 2.30. The average molecular weight is 239 g/mol. The van der Waals surface area contributed by atoms with Crippen LogP contribution in [0.5, 0.6) is 11.5 Å². The molecule has 94 valence electrons. The summed E-state index contributed by atoms with van der Waals surface area (Å²) in [7, 11) is 3.05. The molecule has 3 nitrogen and oxygen atoms in total. The summed E-state index contributed by atoms with van der Waals surface area (Å²) in [5.41, 5.74) is 0.626. The van der Waals surface area contributed by atoms with Crippen LogP contribution in [0.4, 0.5) is 4.39 Å². The highest BCUT2D eigenvalue weighted by Gasteiger charge is 2.21. The van der Waals surface area contributed by atoms with Gasteiger partial charge in [-0.3, -0.25) is 0 Å². The molecule has 0 aromatic heterocycles. The third-order valence-electron chi connectivity index (χ3n) is 3.26. The van der Waals surface area contributed by atoms with Gasteiger partial charge in [0.1, 0.15) is 5.75 Å². The second-order valence-corrected chi connectivity index (χ2v) is 4.33. The lowest BCUT2D eigenvalue weighted by Gasteiger charge is -2.15. The molecule has 1 aromatic rings. The quantitative estimate of drug-likeness (QED) is 0.871. The maximum atomic E-state index is 14.1. The maximum Gasteiger partial charge on any atom is 0.171 e. The van der Waals surface area contributed by atoms with Crippen LogP contribution in [-0.2, 0) is 6.42 Å². The first-order valence-electron chi connectivity index (χ1n) is 5.86. The van der Waals surface area contributed by atoms with E-state index in [1.165, 1.54) is 7.11 Å². The Hall–Kier alpha value is -1.29. The van der Waals surface area contributed by atoms with Crippen LogP contribution in [0, 0.1) is 11.7 Å². The second kappa shape index (κ2) is 5.36. The lowest BCUT2D eigenvalue weighted by atomic mass is 9.97. The molecule has 2 rings (SSSR count). The van der Waals surface area contributed by atoms with E-state index in [1.807, 2.05) is 0 Å². The Labute approximate surface area is 101 Å². The Balaban J connectivity index is 2.27. The van der Waals surface area contributed by atoms with E-state index >= 15 is 0 Å². The molecule has 1 unspecified atom stereocenters. The van der Waals surface area contributed by atoms with Crippen molar-refractivity contribution in [3.8, 4) is 11.5 Å². The van der Waals surface area contributed by atoms with E-state index < -0.39 is 0 Å². The average Bonchev–Trinajstić information content (AvgIpc) is 2.84. The number of ether oxygens (including phenoxy) is 2. The highest BCUT2D eigenvalue weighted by atomic mass is 19.1. The largest absolute Gasteiger partial charge is 0.496 e. The van der Waals surface area contributed by atoms with Crippen molar-refractivity contribution < 1.29 is 13.9 Å². The number of benzene rings is 1. The van der Waals surface area contributed by atoms with E-state index in [2.05, 4.69) is 5.32 Å². The smallest absolute Gasteiger partial charge is 0.171 e. The van der Waals surface area contributed by atoms with Crippen molar-refractivity contribution in [3.05, 3.63) is 23.5 Å². The van der Waals surface area contributed by atoms with Crippen molar-refractivity contribution in [1.82, 2.24) is 5.32 Å². The van der Waals surface area contributed by atoms with Crippen molar-refractivity contribution in [2.45, 2.75) is 12.8 Å². The van der Waals surface area contributed by atoms with Gasteiger partial charge in [-0.2, -0.15) is 0 Å². The second-order valence-electron chi connectivity index (χ2n) is 4.33. The molecular weight excluding hydrogens is 221 g/mol. The summed E-state index contributed by atoms with van der Waals surface area (Å²) in [5, 5.41) is 3.28. The van der Waals surface area contributed by atoms with Crippen LogP contribution in [0.3, 0.4) is 0 Å². The predicted octanol–water partition coefficient (Wildman–Crippen LogP) is 1.99. The zero-order valence-corrected chi connectivity index (χ0v) is 10.3. The minimum Gasteiger partial charge on any atom is -0.496 e. The van der Waals surface area contributed by atoms with E-state index in [0.29, 0.717) is 23.7 Å². The fraction of sp³-hybridized carbons (Fsp3) is 0.538. The van der Waals surface area contributed by atoms with Gasteiger partial charge in [0, 0.05) is 5.56 Å². The van der Waals surface area contributed by atoms with E-state index in [0.717, 1.165) is 19.5 Å². The number of rotatable bonds is 4. The Bertz CT molecular complexity index is 389. The zero-order valence-electron chi connectivity index (χ0n) is 10.3. The molecule has 1 aliphatic rings. The van der Waals surface area contributed by atoms with Gasteiger partial charge in [0.15, 0.2) is 11.6 Å². The molecule has 0 bridgehead atoms. The van der Waals surface area contributed by atoms with Gasteiger partial charge in [0.05, 0.1) is 14.2 Å². The minimum absolute atomic E-state index is 0.284. The highest BCUT2D eigenvalue weighted by molar-refractivity contribution is 5.42. The van der Waals surface area contributed by atoms with Gasteiger partial charge < -0.3 is 14.8 Å². The van der Waals surface area contributed by atoms with Crippen molar-refractivity contribution in [2.24, 2.45) is 5.92 Å². The predicted molar refractivity (Wildman–Crippen MR) is 64.2 cm³/mol. The molecule has 0 radical (unpaired) electrons. The van der Waals surface area contributed by atoms with E-state index in [-0.39, 0.29) is 11.6 Å². The number of hydrogen-bond acceptors (Lipinski definition) is 3. The van der Waals surface area contributed by atoms with Crippen molar-refractivity contribution in [2.75, 3.05) is 27.3 Å². The maximum absolute atomic E-state index is 14.1. The molecule has 0 amide bonds. The Kier molecular flexibility index (Phi) is 3.84. The van der Waals surface area contributed by atoms with Crippen LogP contribution >= 0.6 is 0 Å². The summed E-state index contributed by atoms with van der Waals surface area (Å²) in [6, 6.07) is 3.37. The Morgan fingerprint density at radius 1 is 1.29 bits per heavy atom. The van der Waals surface area contributed by atoms with Crippen molar-refractivity contribution in [1.29, 1.82) is 0 Å². The third-order valence-corrected chi connectivity index (χ3v) is 3.26. The molecule has 1 fully saturated rings. The van der Waals surface area contributed by atoms with E-state index in [9.17, 15) is 4.39 Å². The lowest BCUT2D eigenvalue weighted by Crippen LogP contribution is -2.12. The standard InChI is InChI=1S/C13H18FNO2/c1-16-11-3-4-12(17-2)13(14)10(11)7-9-5-6-15-8-9/h3-4,9,15H,5-8H2,1-2H3. The molecule has 1 aliphatic heterocycles. The minimum atomic E-state index is -0.293. The number of methoxy groups -OCH3 is 2. The Morgan fingerprint density at radius 3 is 2.59 bits per heavy atom. The Morgan fingerprint density at radius 2 is 2.00 bits per heavy atom. The molecular formula is C13H18FNO2. The van der Waals surface area contributed by atoms with E-state index in [4.69, 9.17) is 9.47 Å². The van der Waals surface area contributed by atoms with Gasteiger partial charge in [-0.25, -0.2) is 4.39 Å².